The minimum absolute atomic E-state index is 0.0372. The number of rotatable bonds is 8. The number of hydrogen-bond donors (Lipinski definition) is 2. The number of nitrogens with zero attached hydrogens (tertiary/aromatic N) is 1. The Balaban J connectivity index is 2.10. The van der Waals surface area contributed by atoms with Crippen LogP contribution in [0.15, 0.2) is 41.5 Å². The monoisotopic (exact) mass is 483 g/mol. The highest BCUT2D eigenvalue weighted by atomic mass is 35.5. The fourth-order valence-corrected chi connectivity index (χ4v) is 3.09. The lowest BCUT2D eigenvalue weighted by molar-refractivity contribution is -0.123. The fraction of sp³-hybridized carbons (Fsp3) is 0.318. The fourth-order valence-electron chi connectivity index (χ4n) is 2.61. The topological polar surface area (TPSA) is 79.8 Å². The summed E-state index contributed by atoms with van der Waals surface area (Å²) in [5.74, 6) is -0.509. The minimum Gasteiger partial charge on any atom is -0.490 e. The number of amides is 2. The van der Waals surface area contributed by atoms with Crippen LogP contribution in [0.2, 0.25) is 15.1 Å². The van der Waals surface area contributed by atoms with Crippen molar-refractivity contribution in [3.63, 3.8) is 0 Å². The Kier molecular flexibility index (Phi) is 9.16. The molecule has 0 aromatic heterocycles. The van der Waals surface area contributed by atoms with Gasteiger partial charge in [0, 0.05) is 16.1 Å². The molecule has 2 amide bonds. The quantitative estimate of drug-likeness (QED) is 0.392. The summed E-state index contributed by atoms with van der Waals surface area (Å²) in [6, 6.07) is 8.82. The molecule has 0 saturated heterocycles. The van der Waals surface area contributed by atoms with Gasteiger partial charge in [-0.05, 0) is 56.2 Å². The molecule has 0 radical (unpaired) electrons. The first-order valence-corrected chi connectivity index (χ1v) is 10.8. The van der Waals surface area contributed by atoms with Crippen LogP contribution in [0.25, 0.3) is 0 Å². The Bertz CT molecular complexity index is 978. The van der Waals surface area contributed by atoms with Crippen molar-refractivity contribution in [1.29, 1.82) is 0 Å². The summed E-state index contributed by atoms with van der Waals surface area (Å²) >= 11 is 17.9. The maximum atomic E-state index is 12.6. The van der Waals surface area contributed by atoms with Crippen molar-refractivity contribution < 1.29 is 14.3 Å². The smallest absolute Gasteiger partial charge is 0.262 e. The average molecular weight is 485 g/mol. The molecule has 0 aliphatic heterocycles. The van der Waals surface area contributed by atoms with E-state index in [-0.39, 0.29) is 17.0 Å². The molecule has 2 aromatic carbocycles. The largest absolute Gasteiger partial charge is 0.490 e. The van der Waals surface area contributed by atoms with Crippen LogP contribution in [-0.4, -0.2) is 30.2 Å². The van der Waals surface area contributed by atoms with Gasteiger partial charge in [-0.2, -0.15) is 5.10 Å². The maximum absolute atomic E-state index is 12.6. The van der Waals surface area contributed by atoms with Crippen molar-refractivity contribution in [2.45, 2.75) is 39.8 Å². The van der Waals surface area contributed by atoms with Gasteiger partial charge in [0.2, 0.25) is 0 Å². The third-order valence-electron chi connectivity index (χ3n) is 4.13. The van der Waals surface area contributed by atoms with Crippen molar-refractivity contribution in [2.24, 2.45) is 11.0 Å². The molecule has 31 heavy (non-hydrogen) atoms. The van der Waals surface area contributed by atoms with E-state index in [1.54, 1.807) is 18.2 Å². The van der Waals surface area contributed by atoms with Gasteiger partial charge >= 0.3 is 0 Å². The summed E-state index contributed by atoms with van der Waals surface area (Å²) in [4.78, 5) is 25.2. The Labute approximate surface area is 196 Å². The first kappa shape index (κ1) is 25.0. The molecule has 1 atom stereocenters. The molecule has 0 bridgehead atoms. The molecule has 166 valence electrons. The normalized spacial score (nSPS) is 12.3. The van der Waals surface area contributed by atoms with E-state index >= 15 is 0 Å². The number of hydrogen-bond acceptors (Lipinski definition) is 4. The van der Waals surface area contributed by atoms with Crippen LogP contribution < -0.4 is 15.5 Å². The molecule has 0 saturated carbocycles. The predicted octanol–water partition coefficient (Wildman–Crippen LogP) is 5.34. The summed E-state index contributed by atoms with van der Waals surface area (Å²) in [5.41, 5.74) is 3.37. The van der Waals surface area contributed by atoms with E-state index in [2.05, 4.69) is 15.8 Å². The lowest BCUT2D eigenvalue weighted by atomic mass is 10.0. The van der Waals surface area contributed by atoms with Gasteiger partial charge in [0.15, 0.2) is 0 Å². The van der Waals surface area contributed by atoms with Gasteiger partial charge in [-0.3, -0.25) is 9.59 Å². The number of halogens is 3. The number of hydrazone groups is 1. The van der Waals surface area contributed by atoms with Crippen molar-refractivity contribution in [2.75, 3.05) is 0 Å². The zero-order valence-corrected chi connectivity index (χ0v) is 19.8. The molecular weight excluding hydrogens is 461 g/mol. The van der Waals surface area contributed by atoms with Crippen LogP contribution in [0, 0.1) is 5.92 Å². The van der Waals surface area contributed by atoms with Crippen LogP contribution in [0.1, 0.15) is 43.6 Å². The number of carbonyl (C=O) groups excluding carboxylic acids is 2. The third-order valence-corrected chi connectivity index (χ3v) is 5.10. The van der Waals surface area contributed by atoms with Crippen LogP contribution in [0.5, 0.6) is 5.75 Å². The van der Waals surface area contributed by atoms with E-state index in [0.29, 0.717) is 26.9 Å². The van der Waals surface area contributed by atoms with Crippen LogP contribution in [-0.2, 0) is 4.79 Å². The second-order valence-electron chi connectivity index (χ2n) is 7.41. The van der Waals surface area contributed by atoms with E-state index in [0.717, 1.165) is 0 Å². The molecule has 2 N–H and O–H groups in total. The average Bonchev–Trinajstić information content (AvgIpc) is 2.69. The molecule has 2 rings (SSSR count). The van der Waals surface area contributed by atoms with E-state index in [1.807, 2.05) is 27.7 Å². The zero-order valence-electron chi connectivity index (χ0n) is 17.6. The SMILES string of the molecule is CC(C)Oc1ccc(Cl)cc1/C=N\NC(=O)C(NC(=O)c1ccc(Cl)c(Cl)c1)C(C)C. The van der Waals surface area contributed by atoms with E-state index < -0.39 is 17.9 Å². The van der Waals surface area contributed by atoms with Crippen molar-refractivity contribution >= 4 is 52.8 Å². The molecule has 0 aliphatic carbocycles. The van der Waals surface area contributed by atoms with E-state index in [9.17, 15) is 9.59 Å². The summed E-state index contributed by atoms with van der Waals surface area (Å²) in [6.45, 7) is 7.44. The predicted molar refractivity (Wildman–Crippen MR) is 126 cm³/mol. The standard InChI is InChI=1S/C22H24Cl3N3O3/c1-12(2)20(27-21(29)14-5-7-17(24)18(25)10-14)22(30)28-26-11-15-9-16(23)6-8-19(15)31-13(3)4/h5-13,20H,1-4H3,(H,27,29)(H,28,30)/b26-11-. The van der Waals surface area contributed by atoms with Gasteiger partial charge < -0.3 is 10.1 Å². The Morgan fingerprint density at radius 1 is 1.00 bits per heavy atom. The molecule has 2 aromatic rings. The van der Waals surface area contributed by atoms with Crippen molar-refractivity contribution in [1.82, 2.24) is 10.7 Å². The highest BCUT2D eigenvalue weighted by Crippen LogP contribution is 2.23. The molecular formula is C22H24Cl3N3O3. The highest BCUT2D eigenvalue weighted by Gasteiger charge is 2.24. The number of carbonyl (C=O) groups is 2. The Morgan fingerprint density at radius 3 is 2.32 bits per heavy atom. The summed E-state index contributed by atoms with van der Waals surface area (Å²) in [7, 11) is 0. The maximum Gasteiger partial charge on any atom is 0.262 e. The first-order valence-electron chi connectivity index (χ1n) is 9.63. The molecule has 0 fully saturated rings. The first-order chi connectivity index (χ1) is 14.6. The third kappa shape index (κ3) is 7.42. The van der Waals surface area contributed by atoms with Gasteiger partial charge in [-0.1, -0.05) is 48.7 Å². The van der Waals surface area contributed by atoms with Gasteiger partial charge in [-0.15, -0.1) is 0 Å². The molecule has 0 aliphatic rings. The Morgan fingerprint density at radius 2 is 1.71 bits per heavy atom. The Hall–Kier alpha value is -2.28. The number of ether oxygens (including phenoxy) is 1. The van der Waals surface area contributed by atoms with Crippen molar-refractivity contribution in [3.8, 4) is 5.75 Å². The van der Waals surface area contributed by atoms with E-state index in [4.69, 9.17) is 39.5 Å². The second-order valence-corrected chi connectivity index (χ2v) is 8.66. The number of nitrogens with one attached hydrogen (secondary N) is 2. The van der Waals surface area contributed by atoms with E-state index in [1.165, 1.54) is 24.4 Å². The van der Waals surface area contributed by atoms with Gasteiger partial charge in [0.25, 0.3) is 11.8 Å². The molecule has 6 nitrogen and oxygen atoms in total. The highest BCUT2D eigenvalue weighted by molar-refractivity contribution is 6.42. The lowest BCUT2D eigenvalue weighted by Crippen LogP contribution is -2.48. The molecule has 0 spiro atoms. The van der Waals surface area contributed by atoms with Crippen LogP contribution in [0.4, 0.5) is 0 Å². The molecule has 1 unspecified atom stereocenters. The van der Waals surface area contributed by atoms with Gasteiger partial charge in [0.1, 0.15) is 11.8 Å². The van der Waals surface area contributed by atoms with Gasteiger partial charge in [0.05, 0.1) is 22.4 Å². The van der Waals surface area contributed by atoms with Crippen LogP contribution in [0.3, 0.4) is 0 Å². The summed E-state index contributed by atoms with van der Waals surface area (Å²) < 4.78 is 5.72. The number of benzene rings is 2. The second kappa shape index (κ2) is 11.4. The minimum atomic E-state index is -0.815. The van der Waals surface area contributed by atoms with Gasteiger partial charge in [-0.25, -0.2) is 5.43 Å². The van der Waals surface area contributed by atoms with Crippen LogP contribution >= 0.6 is 34.8 Å². The molecule has 0 heterocycles. The summed E-state index contributed by atoms with van der Waals surface area (Å²) in [6.07, 6.45) is 1.41. The zero-order chi connectivity index (χ0) is 23.1. The molecule has 9 heteroatoms. The lowest BCUT2D eigenvalue weighted by Gasteiger charge is -2.20. The summed E-state index contributed by atoms with van der Waals surface area (Å²) in [5, 5.41) is 7.82. The van der Waals surface area contributed by atoms with Crippen molar-refractivity contribution in [3.05, 3.63) is 62.6 Å².